The van der Waals surface area contributed by atoms with Crippen LogP contribution in [0.4, 0.5) is 15.0 Å². The maximum Gasteiger partial charge on any atom is 0.410 e. The number of methoxy groups -OCH3 is 1. The average Bonchev–Trinajstić information content (AvgIpc) is 3.21. The van der Waals surface area contributed by atoms with Crippen molar-refractivity contribution in [3.05, 3.63) is 35.9 Å². The van der Waals surface area contributed by atoms with E-state index in [1.165, 1.54) is 13.2 Å². The Morgan fingerprint density at radius 2 is 2.00 bits per heavy atom. The largest absolute Gasteiger partial charge is 0.495 e. The summed E-state index contributed by atoms with van der Waals surface area (Å²) in [4.78, 5) is 23.0. The lowest BCUT2D eigenvalue weighted by atomic mass is 10.0. The van der Waals surface area contributed by atoms with Crippen molar-refractivity contribution in [2.75, 3.05) is 25.5 Å². The van der Waals surface area contributed by atoms with E-state index in [0.717, 1.165) is 12.8 Å². The van der Waals surface area contributed by atoms with Crippen LogP contribution in [-0.4, -0.2) is 67.5 Å². The van der Waals surface area contributed by atoms with Gasteiger partial charge in [-0.25, -0.2) is 23.7 Å². The first kappa shape index (κ1) is 25.6. The molecule has 3 aromatic heterocycles. The van der Waals surface area contributed by atoms with Crippen molar-refractivity contribution in [3.63, 3.8) is 0 Å². The van der Waals surface area contributed by atoms with Crippen molar-refractivity contribution < 1.29 is 23.8 Å². The van der Waals surface area contributed by atoms with Gasteiger partial charge in [0.05, 0.1) is 19.0 Å². The van der Waals surface area contributed by atoms with E-state index in [2.05, 4.69) is 20.4 Å². The molecule has 36 heavy (non-hydrogen) atoms. The number of piperidine rings is 1. The van der Waals surface area contributed by atoms with E-state index < -0.39 is 17.0 Å². The molecule has 0 aliphatic carbocycles. The molecule has 0 radical (unpaired) electrons. The number of hydrogen-bond donors (Lipinski definition) is 2. The third kappa shape index (κ3) is 5.51. The number of hydrogen-bond acceptors (Lipinski definition) is 8. The summed E-state index contributed by atoms with van der Waals surface area (Å²) in [5, 5.41) is 18.3. The lowest BCUT2D eigenvalue weighted by Gasteiger charge is -2.34. The van der Waals surface area contributed by atoms with Gasteiger partial charge in [-0.2, -0.15) is 5.10 Å². The van der Waals surface area contributed by atoms with Crippen LogP contribution in [0.2, 0.25) is 0 Å². The van der Waals surface area contributed by atoms with Crippen LogP contribution in [0, 0.1) is 5.82 Å². The number of fused-ring (bicyclic) bond motifs is 1. The molecule has 4 rings (SSSR count). The fourth-order valence-electron chi connectivity index (χ4n) is 4.12. The van der Waals surface area contributed by atoms with Gasteiger partial charge in [0.25, 0.3) is 0 Å². The number of anilines is 1. The van der Waals surface area contributed by atoms with Crippen LogP contribution in [0.15, 0.2) is 24.4 Å². The van der Waals surface area contributed by atoms with Crippen molar-refractivity contribution in [3.8, 4) is 17.1 Å². The number of nitrogens with one attached hydrogen (secondary N) is 1. The lowest BCUT2D eigenvalue weighted by Crippen LogP contribution is -2.47. The molecule has 1 fully saturated rings. The lowest BCUT2D eigenvalue weighted by molar-refractivity contribution is 0.0206. The van der Waals surface area contributed by atoms with Gasteiger partial charge in [-0.3, -0.25) is 0 Å². The van der Waals surface area contributed by atoms with Gasteiger partial charge in [0.1, 0.15) is 28.3 Å². The van der Waals surface area contributed by atoms with Crippen molar-refractivity contribution in [1.29, 1.82) is 0 Å². The number of pyridine rings is 1. The first-order valence-electron chi connectivity index (χ1n) is 11.9. The Labute approximate surface area is 209 Å². The first-order chi connectivity index (χ1) is 16.9. The second kappa shape index (κ2) is 9.53. The summed E-state index contributed by atoms with van der Waals surface area (Å²) in [5.41, 5.74) is -0.0371. The summed E-state index contributed by atoms with van der Waals surface area (Å²) in [6, 6.07) is 4.38. The van der Waals surface area contributed by atoms with Gasteiger partial charge < -0.3 is 24.8 Å². The number of amides is 1. The fourth-order valence-corrected chi connectivity index (χ4v) is 4.12. The highest BCUT2D eigenvalue weighted by Crippen LogP contribution is 2.30. The van der Waals surface area contributed by atoms with E-state index >= 15 is 0 Å². The minimum atomic E-state index is -1.26. The van der Waals surface area contributed by atoms with E-state index in [0.29, 0.717) is 41.6 Å². The zero-order chi connectivity index (χ0) is 26.3. The van der Waals surface area contributed by atoms with E-state index in [1.54, 1.807) is 41.6 Å². The van der Waals surface area contributed by atoms with Crippen LogP contribution >= 0.6 is 0 Å². The topological polar surface area (TPSA) is 114 Å². The third-order valence-electron chi connectivity index (χ3n) is 5.78. The molecular formula is C25H33FN6O4. The molecule has 194 valence electrons. The summed E-state index contributed by atoms with van der Waals surface area (Å²) in [7, 11) is 1.50. The molecule has 0 spiro atoms. The van der Waals surface area contributed by atoms with Gasteiger partial charge in [0.15, 0.2) is 17.3 Å². The predicted octanol–water partition coefficient (Wildman–Crippen LogP) is 3.98. The van der Waals surface area contributed by atoms with Gasteiger partial charge in [0.2, 0.25) is 0 Å². The van der Waals surface area contributed by atoms with Gasteiger partial charge >= 0.3 is 6.09 Å². The Balaban J connectivity index is 1.60. The molecule has 0 saturated carbocycles. The second-order valence-corrected chi connectivity index (χ2v) is 10.5. The van der Waals surface area contributed by atoms with Gasteiger partial charge in [-0.15, -0.1) is 0 Å². The number of aromatic nitrogens is 4. The molecule has 4 heterocycles. The molecule has 1 amide bonds. The smallest absolute Gasteiger partial charge is 0.410 e. The van der Waals surface area contributed by atoms with Crippen LogP contribution < -0.4 is 10.1 Å². The molecule has 0 bridgehead atoms. The maximum absolute atomic E-state index is 14.8. The molecule has 1 atom stereocenters. The van der Waals surface area contributed by atoms with Crippen LogP contribution in [0.5, 0.6) is 5.75 Å². The zero-order valence-electron chi connectivity index (χ0n) is 21.5. The van der Waals surface area contributed by atoms with Crippen LogP contribution in [0.25, 0.3) is 17.0 Å². The maximum atomic E-state index is 14.8. The Bertz CT molecular complexity index is 1260. The number of likely N-dealkylation sites (tertiary alicyclic amines) is 1. The summed E-state index contributed by atoms with van der Waals surface area (Å²) in [5.74, 6) is -0.0168. The average molecular weight is 501 g/mol. The Kier molecular flexibility index (Phi) is 6.78. The second-order valence-electron chi connectivity index (χ2n) is 10.5. The van der Waals surface area contributed by atoms with E-state index in [9.17, 15) is 14.3 Å². The normalized spacial score (nSPS) is 16.8. The number of carbonyl (C=O) groups excluding carboxylic acids is 1. The highest BCUT2D eigenvalue weighted by Gasteiger charge is 2.29. The molecule has 0 aromatic carbocycles. The van der Waals surface area contributed by atoms with Crippen molar-refractivity contribution in [2.24, 2.45) is 0 Å². The number of aliphatic hydroxyl groups is 1. The molecule has 10 nitrogen and oxygen atoms in total. The zero-order valence-corrected chi connectivity index (χ0v) is 21.5. The standard InChI is InChI=1S/C25H33FN6O4/c1-24(2,3)36-23(33)31-11-7-8-15(14-31)28-22-16(26)9-10-17(29-22)18-13-27-20-12-19(35-6)21(25(4,5)34)30-32(18)20/h9-10,12-13,15,34H,7-8,11,14H2,1-6H3,(H,28,29). The summed E-state index contributed by atoms with van der Waals surface area (Å²) in [6.45, 7) is 9.67. The number of ether oxygens (including phenoxy) is 2. The number of rotatable bonds is 5. The molecule has 1 saturated heterocycles. The molecular weight excluding hydrogens is 467 g/mol. The molecule has 1 aliphatic rings. The number of imidazole rings is 1. The molecule has 11 heteroatoms. The van der Waals surface area contributed by atoms with Gasteiger partial charge in [-0.05, 0) is 59.6 Å². The van der Waals surface area contributed by atoms with E-state index in [-0.39, 0.29) is 18.0 Å². The van der Waals surface area contributed by atoms with Gasteiger partial charge in [0, 0.05) is 25.2 Å². The minimum Gasteiger partial charge on any atom is -0.495 e. The van der Waals surface area contributed by atoms with Crippen molar-refractivity contribution in [2.45, 2.75) is 64.7 Å². The van der Waals surface area contributed by atoms with Gasteiger partial charge in [-0.1, -0.05) is 0 Å². The Morgan fingerprint density at radius 1 is 1.25 bits per heavy atom. The van der Waals surface area contributed by atoms with Crippen molar-refractivity contribution in [1.82, 2.24) is 24.5 Å². The SMILES string of the molecule is COc1cc2ncc(-c3ccc(F)c(NC4CCCN(C(=O)OC(C)(C)C)C4)n3)n2nc1C(C)(C)O. The Hall–Kier alpha value is -3.47. The number of halogens is 1. The van der Waals surface area contributed by atoms with E-state index in [1.807, 2.05) is 20.8 Å². The van der Waals surface area contributed by atoms with Crippen molar-refractivity contribution >= 4 is 17.6 Å². The third-order valence-corrected chi connectivity index (χ3v) is 5.78. The number of nitrogens with zero attached hydrogens (tertiary/aromatic N) is 5. The summed E-state index contributed by atoms with van der Waals surface area (Å²) >= 11 is 0. The molecule has 1 unspecified atom stereocenters. The molecule has 1 aliphatic heterocycles. The monoisotopic (exact) mass is 500 g/mol. The molecule has 2 N–H and O–H groups in total. The quantitative estimate of drug-likeness (QED) is 0.541. The highest BCUT2D eigenvalue weighted by molar-refractivity contribution is 5.68. The van der Waals surface area contributed by atoms with Crippen LogP contribution in [0.1, 0.15) is 53.2 Å². The fraction of sp³-hybridized carbons (Fsp3) is 0.520. The van der Waals surface area contributed by atoms with E-state index in [4.69, 9.17) is 9.47 Å². The first-order valence-corrected chi connectivity index (χ1v) is 11.9. The highest BCUT2D eigenvalue weighted by atomic mass is 19.1. The molecule has 3 aromatic rings. The van der Waals surface area contributed by atoms with Crippen LogP contribution in [-0.2, 0) is 10.3 Å². The number of carbonyl (C=O) groups is 1. The Morgan fingerprint density at radius 3 is 2.67 bits per heavy atom. The summed E-state index contributed by atoms with van der Waals surface area (Å²) < 4.78 is 27.2. The van der Waals surface area contributed by atoms with Crippen LogP contribution in [0.3, 0.4) is 0 Å². The predicted molar refractivity (Wildman–Crippen MR) is 132 cm³/mol. The minimum absolute atomic E-state index is 0.0784. The summed E-state index contributed by atoms with van der Waals surface area (Å²) in [6.07, 6.45) is 2.73.